The van der Waals surface area contributed by atoms with E-state index in [2.05, 4.69) is 0 Å². The summed E-state index contributed by atoms with van der Waals surface area (Å²) in [6, 6.07) is 0. The molecule has 0 spiro atoms. The number of hydrogen-bond acceptors (Lipinski definition) is 2. The summed E-state index contributed by atoms with van der Waals surface area (Å²) in [5.74, 6) is -0.750. The van der Waals surface area contributed by atoms with Crippen molar-refractivity contribution < 1.29 is 18.7 Å². The lowest BCUT2D eigenvalue weighted by Gasteiger charge is -2.02. The van der Waals surface area contributed by atoms with Crippen molar-refractivity contribution in [1.82, 2.24) is 0 Å². The van der Waals surface area contributed by atoms with Gasteiger partial charge in [-0.25, -0.2) is 8.78 Å². The Hall–Kier alpha value is -0.670. The molecule has 0 saturated carbocycles. The lowest BCUT2D eigenvalue weighted by Crippen LogP contribution is -2.23. The first-order valence-electron chi connectivity index (χ1n) is 2.86. The lowest BCUT2D eigenvalue weighted by molar-refractivity contribution is -0.306. The SMILES string of the molecule is CC(C)CC(=O)[O-].FCF. The number of alkyl halides is 2. The highest BCUT2D eigenvalue weighted by Gasteiger charge is 1.90. The van der Waals surface area contributed by atoms with Gasteiger partial charge in [-0.3, -0.25) is 0 Å². The van der Waals surface area contributed by atoms with Crippen LogP contribution in [0.4, 0.5) is 8.78 Å². The van der Waals surface area contributed by atoms with E-state index < -0.39 is 12.9 Å². The fourth-order valence-electron chi connectivity index (χ4n) is 0.333. The fraction of sp³-hybridized carbons (Fsp3) is 0.833. The number of hydrogen-bond donors (Lipinski definition) is 0. The molecule has 4 heteroatoms. The Morgan fingerprint density at radius 1 is 1.50 bits per heavy atom. The van der Waals surface area contributed by atoms with Gasteiger partial charge in [-0.05, 0) is 12.3 Å². The van der Waals surface area contributed by atoms with Gasteiger partial charge in [0.25, 0.3) is 0 Å². The van der Waals surface area contributed by atoms with Crippen LogP contribution in [-0.4, -0.2) is 12.9 Å². The van der Waals surface area contributed by atoms with Gasteiger partial charge in [0, 0.05) is 5.97 Å². The van der Waals surface area contributed by atoms with Gasteiger partial charge in [0.1, 0.15) is 0 Å². The second-order valence-electron chi connectivity index (χ2n) is 2.07. The van der Waals surface area contributed by atoms with Gasteiger partial charge in [-0.15, -0.1) is 0 Å². The first-order chi connectivity index (χ1) is 4.54. The molecule has 0 amide bonds. The second kappa shape index (κ2) is 8.33. The highest BCUT2D eigenvalue weighted by molar-refractivity contribution is 5.64. The van der Waals surface area contributed by atoms with Crippen molar-refractivity contribution >= 4 is 5.97 Å². The van der Waals surface area contributed by atoms with Gasteiger partial charge in [0.15, 0.2) is 0 Å². The average Bonchev–Trinajstić information content (AvgIpc) is 1.62. The van der Waals surface area contributed by atoms with E-state index in [9.17, 15) is 18.7 Å². The Labute approximate surface area is 58.9 Å². The molecule has 0 aromatic rings. The Morgan fingerprint density at radius 3 is 1.80 bits per heavy atom. The van der Waals surface area contributed by atoms with Crippen molar-refractivity contribution in [2.45, 2.75) is 20.3 Å². The number of carbonyl (C=O) groups excluding carboxylic acids is 1. The van der Waals surface area contributed by atoms with Gasteiger partial charge in [0.05, 0.1) is 0 Å². The van der Waals surface area contributed by atoms with E-state index in [1.807, 2.05) is 13.8 Å². The molecule has 0 aliphatic heterocycles. The largest absolute Gasteiger partial charge is 0.550 e. The molecule has 0 aliphatic rings. The van der Waals surface area contributed by atoms with Crippen LogP contribution in [-0.2, 0) is 4.79 Å². The standard InChI is InChI=1S/C5H10O2.CH2F2/c1-4(2)3-5(6)7;2-1-3/h4H,3H2,1-2H3,(H,6,7);1H2/p-1. The molecule has 0 rings (SSSR count). The van der Waals surface area contributed by atoms with Crippen molar-refractivity contribution in [3.63, 3.8) is 0 Å². The number of carbonyl (C=O) groups is 1. The summed E-state index contributed by atoms with van der Waals surface area (Å²) >= 11 is 0. The first kappa shape index (κ1) is 12.0. The summed E-state index contributed by atoms with van der Waals surface area (Å²) < 4.78 is 19.2. The number of carboxylic acids is 1. The summed E-state index contributed by atoms with van der Waals surface area (Å²) in [7, 11) is 0. The molecular weight excluding hydrogens is 142 g/mol. The maximum atomic E-state index is 9.70. The Balaban J connectivity index is 0. The summed E-state index contributed by atoms with van der Waals surface area (Å²) in [5, 5.41) is 9.70. The van der Waals surface area contributed by atoms with Gasteiger partial charge < -0.3 is 9.90 Å². The molecule has 0 bridgehead atoms. The van der Waals surface area contributed by atoms with Crippen LogP contribution in [0.3, 0.4) is 0 Å². The zero-order chi connectivity index (χ0) is 8.57. The first-order valence-corrected chi connectivity index (χ1v) is 2.86. The fourth-order valence-corrected chi connectivity index (χ4v) is 0.333. The van der Waals surface area contributed by atoms with Crippen LogP contribution in [0.5, 0.6) is 0 Å². The summed E-state index contributed by atoms with van der Waals surface area (Å²) in [6.45, 7) is 1.94. The summed E-state index contributed by atoms with van der Waals surface area (Å²) in [5.41, 5.74) is 0. The molecule has 62 valence electrons. The van der Waals surface area contributed by atoms with E-state index in [0.717, 1.165) is 0 Å². The van der Waals surface area contributed by atoms with Crippen LogP contribution in [0, 0.1) is 5.92 Å². The van der Waals surface area contributed by atoms with Crippen molar-refractivity contribution in [3.05, 3.63) is 0 Å². The number of rotatable bonds is 2. The van der Waals surface area contributed by atoms with Gasteiger partial charge in [0.2, 0.25) is 6.93 Å². The van der Waals surface area contributed by atoms with E-state index >= 15 is 0 Å². The summed E-state index contributed by atoms with van der Waals surface area (Å²) in [4.78, 5) is 9.70. The predicted octanol–water partition coefficient (Wildman–Crippen LogP) is 0.665. The van der Waals surface area contributed by atoms with Crippen LogP contribution in [0.2, 0.25) is 0 Å². The van der Waals surface area contributed by atoms with E-state index in [4.69, 9.17) is 0 Å². The Morgan fingerprint density at radius 2 is 1.80 bits per heavy atom. The van der Waals surface area contributed by atoms with E-state index in [1.165, 1.54) is 0 Å². The summed E-state index contributed by atoms with van der Waals surface area (Å²) in [6.07, 6.45) is 0.167. The number of carboxylic acid groups (broad SMARTS) is 1. The molecule has 0 fully saturated rings. The minimum Gasteiger partial charge on any atom is -0.550 e. The van der Waals surface area contributed by atoms with Gasteiger partial charge in [-0.1, -0.05) is 13.8 Å². The van der Waals surface area contributed by atoms with E-state index in [1.54, 1.807) is 0 Å². The topological polar surface area (TPSA) is 40.1 Å². The lowest BCUT2D eigenvalue weighted by atomic mass is 10.1. The zero-order valence-electron chi connectivity index (χ0n) is 6.06. The van der Waals surface area contributed by atoms with Crippen molar-refractivity contribution in [2.24, 2.45) is 5.92 Å². The van der Waals surface area contributed by atoms with Crippen LogP contribution >= 0.6 is 0 Å². The highest BCUT2D eigenvalue weighted by atomic mass is 19.3. The minimum atomic E-state index is -1.75. The minimum absolute atomic E-state index is 0.167. The molecule has 0 N–H and O–H groups in total. The highest BCUT2D eigenvalue weighted by Crippen LogP contribution is 1.95. The maximum Gasteiger partial charge on any atom is 0.229 e. The predicted molar refractivity (Wildman–Crippen MR) is 31.5 cm³/mol. The molecule has 2 nitrogen and oxygen atoms in total. The molecule has 0 aromatic heterocycles. The Kier molecular flexibility index (Phi) is 10.0. The molecule has 0 saturated heterocycles. The Bertz CT molecular complexity index is 83.8. The quantitative estimate of drug-likeness (QED) is 0.584. The van der Waals surface area contributed by atoms with Gasteiger partial charge in [-0.2, -0.15) is 0 Å². The van der Waals surface area contributed by atoms with Crippen molar-refractivity contribution in [3.8, 4) is 0 Å². The van der Waals surface area contributed by atoms with Crippen molar-refractivity contribution in [2.75, 3.05) is 6.93 Å². The smallest absolute Gasteiger partial charge is 0.229 e. The number of aliphatic carboxylic acids is 1. The van der Waals surface area contributed by atoms with Crippen LogP contribution < -0.4 is 5.11 Å². The maximum absolute atomic E-state index is 9.70. The molecular formula is C6H11F2O2-. The monoisotopic (exact) mass is 153 g/mol. The third kappa shape index (κ3) is 26.5. The van der Waals surface area contributed by atoms with E-state index in [-0.39, 0.29) is 12.3 Å². The molecule has 0 heterocycles. The molecule has 10 heavy (non-hydrogen) atoms. The van der Waals surface area contributed by atoms with Crippen LogP contribution in [0.15, 0.2) is 0 Å². The normalized spacial score (nSPS) is 8.50. The zero-order valence-corrected chi connectivity index (χ0v) is 6.06. The van der Waals surface area contributed by atoms with Crippen LogP contribution in [0.25, 0.3) is 0 Å². The molecule has 0 aliphatic carbocycles. The third-order valence-corrected chi connectivity index (χ3v) is 0.575. The molecule has 0 atom stereocenters. The van der Waals surface area contributed by atoms with E-state index in [0.29, 0.717) is 0 Å². The molecule has 0 aromatic carbocycles. The second-order valence-corrected chi connectivity index (χ2v) is 2.07. The third-order valence-electron chi connectivity index (χ3n) is 0.575. The molecule has 0 radical (unpaired) electrons. The van der Waals surface area contributed by atoms with Crippen LogP contribution in [0.1, 0.15) is 20.3 Å². The molecule has 0 unspecified atom stereocenters. The van der Waals surface area contributed by atoms with Gasteiger partial charge >= 0.3 is 0 Å². The van der Waals surface area contributed by atoms with Crippen molar-refractivity contribution in [1.29, 1.82) is 0 Å². The number of halogens is 2. The average molecular weight is 153 g/mol.